The number of aliphatic hydroxyl groups is 1. The smallest absolute Gasteiger partial charge is 0.305 e. The van der Waals surface area contributed by atoms with Gasteiger partial charge in [0.2, 0.25) is 0 Å². The average molecular weight is 411 g/mol. The van der Waals surface area contributed by atoms with Crippen molar-refractivity contribution < 1.29 is 29.0 Å². The molecule has 29 heavy (non-hydrogen) atoms. The molecule has 0 amide bonds. The molecule has 0 heterocycles. The van der Waals surface area contributed by atoms with Crippen LogP contribution in [0, 0.1) is 23.7 Å². The highest BCUT2D eigenvalue weighted by molar-refractivity contribution is 5.90. The van der Waals surface area contributed by atoms with E-state index in [1.807, 2.05) is 0 Å². The van der Waals surface area contributed by atoms with Crippen molar-refractivity contribution in [1.82, 2.24) is 0 Å². The summed E-state index contributed by atoms with van der Waals surface area (Å²) in [5.74, 6) is -0.0874. The highest BCUT2D eigenvalue weighted by atomic mass is 16.5. The molecule has 0 aliphatic heterocycles. The van der Waals surface area contributed by atoms with E-state index in [2.05, 4.69) is 18.6 Å². The summed E-state index contributed by atoms with van der Waals surface area (Å²) in [7, 11) is 1.34. The van der Waals surface area contributed by atoms with Crippen LogP contribution in [0.25, 0.3) is 0 Å². The van der Waals surface area contributed by atoms with Gasteiger partial charge in [0.1, 0.15) is 17.3 Å². The summed E-state index contributed by atoms with van der Waals surface area (Å²) >= 11 is 0. The first-order valence-corrected chi connectivity index (χ1v) is 11.0. The van der Waals surface area contributed by atoms with E-state index in [4.69, 9.17) is 0 Å². The first-order valence-electron chi connectivity index (χ1n) is 11.0. The van der Waals surface area contributed by atoms with Crippen LogP contribution in [-0.4, -0.2) is 42.1 Å². The quantitative estimate of drug-likeness (QED) is 0.327. The van der Waals surface area contributed by atoms with E-state index >= 15 is 0 Å². The lowest BCUT2D eigenvalue weighted by molar-refractivity contribution is -0.140. The number of methoxy groups -OCH3 is 1. The fraction of sp³-hybridized carbons (Fsp3) is 0.826. The standard InChI is InChI=1S/C23H38O6/c1-16(2)7-6-9-18(25)11-12-20-17(15-24)13-22(27)21(20)14-19(26)8-4-5-10-23(28)29-3/h16-17,20-21,24H,4-15H2,1-3H3/t17?,20-,21?/m0/s1. The van der Waals surface area contributed by atoms with Gasteiger partial charge < -0.3 is 9.84 Å². The molecule has 0 spiro atoms. The summed E-state index contributed by atoms with van der Waals surface area (Å²) in [6.07, 6.45) is 5.74. The minimum atomic E-state index is -0.385. The zero-order chi connectivity index (χ0) is 21.8. The molecular formula is C23H38O6. The number of ether oxygens (including phenoxy) is 1. The zero-order valence-electron chi connectivity index (χ0n) is 18.3. The predicted octanol–water partition coefficient (Wildman–Crippen LogP) is 3.67. The zero-order valence-corrected chi connectivity index (χ0v) is 18.3. The summed E-state index contributed by atoms with van der Waals surface area (Å²) in [5, 5.41) is 9.66. The normalized spacial score (nSPS) is 21.6. The molecule has 1 N–H and O–H groups in total. The maximum atomic E-state index is 12.4. The van der Waals surface area contributed by atoms with Crippen LogP contribution in [-0.2, 0) is 23.9 Å². The fourth-order valence-electron chi connectivity index (χ4n) is 4.23. The average Bonchev–Trinajstić information content (AvgIpc) is 2.97. The molecule has 0 aromatic rings. The number of rotatable bonds is 15. The Morgan fingerprint density at radius 1 is 1.03 bits per heavy atom. The van der Waals surface area contributed by atoms with Gasteiger partial charge >= 0.3 is 5.97 Å². The number of hydrogen-bond acceptors (Lipinski definition) is 6. The third-order valence-electron chi connectivity index (χ3n) is 5.99. The number of carbonyl (C=O) groups excluding carboxylic acids is 4. The van der Waals surface area contributed by atoms with E-state index in [1.165, 1.54) is 7.11 Å². The monoisotopic (exact) mass is 410 g/mol. The number of hydrogen-bond donors (Lipinski definition) is 1. The molecule has 2 unspecified atom stereocenters. The molecule has 0 saturated heterocycles. The molecule has 6 nitrogen and oxygen atoms in total. The number of ketones is 3. The molecule has 0 bridgehead atoms. The largest absolute Gasteiger partial charge is 0.469 e. The minimum absolute atomic E-state index is 0.0139. The van der Waals surface area contributed by atoms with Gasteiger partial charge in [-0.15, -0.1) is 0 Å². The van der Waals surface area contributed by atoms with Gasteiger partial charge in [-0.25, -0.2) is 0 Å². The highest BCUT2D eigenvalue weighted by Crippen LogP contribution is 2.39. The Hall–Kier alpha value is -1.56. The second-order valence-electron chi connectivity index (χ2n) is 8.77. The molecule has 6 heteroatoms. The van der Waals surface area contributed by atoms with Crippen LogP contribution in [0.5, 0.6) is 0 Å². The number of carbonyl (C=O) groups is 4. The van der Waals surface area contributed by atoms with Crippen molar-refractivity contribution in [3.05, 3.63) is 0 Å². The van der Waals surface area contributed by atoms with Gasteiger partial charge in [-0.2, -0.15) is 0 Å². The molecule has 1 aliphatic carbocycles. The van der Waals surface area contributed by atoms with E-state index in [9.17, 15) is 24.3 Å². The Bertz CT molecular complexity index is 554. The van der Waals surface area contributed by atoms with Gasteiger partial charge in [0.05, 0.1) is 7.11 Å². The second kappa shape index (κ2) is 13.6. The van der Waals surface area contributed by atoms with E-state index in [0.717, 1.165) is 12.8 Å². The summed E-state index contributed by atoms with van der Waals surface area (Å²) in [6, 6.07) is 0. The van der Waals surface area contributed by atoms with Crippen LogP contribution in [0.1, 0.15) is 84.5 Å². The molecule has 166 valence electrons. The number of esters is 1. The van der Waals surface area contributed by atoms with E-state index < -0.39 is 0 Å². The van der Waals surface area contributed by atoms with Crippen molar-refractivity contribution in [2.24, 2.45) is 23.7 Å². The van der Waals surface area contributed by atoms with E-state index in [0.29, 0.717) is 57.3 Å². The van der Waals surface area contributed by atoms with Crippen LogP contribution >= 0.6 is 0 Å². The van der Waals surface area contributed by atoms with Crippen molar-refractivity contribution in [2.45, 2.75) is 84.5 Å². The SMILES string of the molecule is COC(=O)CCCCC(=O)CC1C(=O)CC(CO)[C@@H]1CCC(=O)CCCC(C)C. The highest BCUT2D eigenvalue weighted by Gasteiger charge is 2.42. The Kier molecular flexibility index (Phi) is 12.0. The van der Waals surface area contributed by atoms with Gasteiger partial charge in [-0.05, 0) is 43.4 Å². The number of Topliss-reactive ketones (excluding diaryl/α,β-unsaturated/α-hetero) is 3. The lowest BCUT2D eigenvalue weighted by Crippen LogP contribution is -2.23. The van der Waals surface area contributed by atoms with Crippen molar-refractivity contribution in [3.63, 3.8) is 0 Å². The van der Waals surface area contributed by atoms with Crippen molar-refractivity contribution >= 4 is 23.3 Å². The Morgan fingerprint density at radius 3 is 2.31 bits per heavy atom. The summed E-state index contributed by atoms with van der Waals surface area (Å²) < 4.78 is 4.58. The first kappa shape index (κ1) is 25.5. The molecular weight excluding hydrogens is 372 g/mol. The molecule has 1 rings (SSSR count). The summed E-state index contributed by atoms with van der Waals surface area (Å²) in [6.45, 7) is 4.19. The maximum absolute atomic E-state index is 12.4. The van der Waals surface area contributed by atoms with Gasteiger partial charge in [-0.3, -0.25) is 19.2 Å². The Labute approximate surface area is 174 Å². The predicted molar refractivity (Wildman–Crippen MR) is 110 cm³/mol. The van der Waals surface area contributed by atoms with E-state index in [1.54, 1.807) is 0 Å². The van der Waals surface area contributed by atoms with Crippen LogP contribution in [0.3, 0.4) is 0 Å². The lowest BCUT2D eigenvalue weighted by atomic mass is 9.82. The Balaban J connectivity index is 2.49. The van der Waals surface area contributed by atoms with Gasteiger partial charge in [0.15, 0.2) is 0 Å². The number of unbranched alkanes of at least 4 members (excludes halogenated alkanes) is 1. The van der Waals surface area contributed by atoms with Crippen LogP contribution in [0.4, 0.5) is 0 Å². The molecule has 0 aromatic carbocycles. The summed E-state index contributed by atoms with van der Waals surface area (Å²) in [5.41, 5.74) is 0. The Morgan fingerprint density at radius 2 is 1.69 bits per heavy atom. The topological polar surface area (TPSA) is 97.7 Å². The first-order chi connectivity index (χ1) is 13.8. The number of aliphatic hydroxyl groups excluding tert-OH is 1. The van der Waals surface area contributed by atoms with Gasteiger partial charge in [-0.1, -0.05) is 20.3 Å². The molecule has 0 radical (unpaired) electrons. The van der Waals surface area contributed by atoms with Crippen LogP contribution in [0.15, 0.2) is 0 Å². The molecule has 0 aromatic heterocycles. The third-order valence-corrected chi connectivity index (χ3v) is 5.99. The molecule has 1 aliphatic rings. The van der Waals surface area contributed by atoms with Gasteiger partial charge in [0, 0.05) is 51.0 Å². The summed E-state index contributed by atoms with van der Waals surface area (Å²) in [4.78, 5) is 48.1. The fourth-order valence-corrected chi connectivity index (χ4v) is 4.23. The van der Waals surface area contributed by atoms with Crippen molar-refractivity contribution in [2.75, 3.05) is 13.7 Å². The lowest BCUT2D eigenvalue weighted by Gasteiger charge is -2.22. The second-order valence-corrected chi connectivity index (χ2v) is 8.77. The molecule has 3 atom stereocenters. The molecule has 1 fully saturated rings. The van der Waals surface area contributed by atoms with E-state index in [-0.39, 0.29) is 54.1 Å². The van der Waals surface area contributed by atoms with Crippen molar-refractivity contribution in [1.29, 1.82) is 0 Å². The van der Waals surface area contributed by atoms with Gasteiger partial charge in [0.25, 0.3) is 0 Å². The van der Waals surface area contributed by atoms with Crippen LogP contribution < -0.4 is 0 Å². The van der Waals surface area contributed by atoms with Crippen LogP contribution in [0.2, 0.25) is 0 Å². The third kappa shape index (κ3) is 9.66. The minimum Gasteiger partial charge on any atom is -0.469 e. The van der Waals surface area contributed by atoms with Crippen molar-refractivity contribution in [3.8, 4) is 0 Å². The maximum Gasteiger partial charge on any atom is 0.305 e. The molecule has 1 saturated carbocycles.